The van der Waals surface area contributed by atoms with Gasteiger partial charge in [0.25, 0.3) is 0 Å². The Balaban J connectivity index is 1.37. The van der Waals surface area contributed by atoms with E-state index in [0.717, 1.165) is 28.0 Å². The van der Waals surface area contributed by atoms with Crippen LogP contribution in [0.15, 0.2) is 60.7 Å². The van der Waals surface area contributed by atoms with Crippen LogP contribution < -0.4 is 19.5 Å². The van der Waals surface area contributed by atoms with Gasteiger partial charge < -0.3 is 19.5 Å². The number of carbonyl (C=O) groups excluding carboxylic acids is 2. The maximum Gasteiger partial charge on any atom is 0.224 e. The predicted octanol–water partition coefficient (Wildman–Crippen LogP) is 4.24. The lowest BCUT2D eigenvalue weighted by molar-refractivity contribution is -0.120. The molecule has 0 spiro atoms. The lowest BCUT2D eigenvalue weighted by atomic mass is 9.95. The summed E-state index contributed by atoms with van der Waals surface area (Å²) < 4.78 is 16.6. The first-order valence-corrected chi connectivity index (χ1v) is 10.9. The fourth-order valence-electron chi connectivity index (χ4n) is 4.11. The SMILES string of the molecule is COc1ccc(CC(=O)NC[C@H]2Cc3cc(-c4ccccc4C(C)=O)ccc3O2)cc1OC. The van der Waals surface area contributed by atoms with Crippen LogP contribution in [-0.2, 0) is 17.6 Å². The Morgan fingerprint density at radius 1 is 1.00 bits per heavy atom. The van der Waals surface area contributed by atoms with E-state index >= 15 is 0 Å². The van der Waals surface area contributed by atoms with E-state index in [1.165, 1.54) is 0 Å². The molecule has 0 fully saturated rings. The third-order valence-corrected chi connectivity index (χ3v) is 5.76. The molecule has 3 aromatic rings. The molecule has 170 valence electrons. The number of amides is 1. The molecule has 0 radical (unpaired) electrons. The molecule has 6 heteroatoms. The molecule has 33 heavy (non-hydrogen) atoms. The summed E-state index contributed by atoms with van der Waals surface area (Å²) in [5.74, 6) is 2.00. The van der Waals surface area contributed by atoms with Crippen LogP contribution in [0.1, 0.15) is 28.4 Å². The zero-order chi connectivity index (χ0) is 23.4. The molecule has 0 unspecified atom stereocenters. The summed E-state index contributed by atoms with van der Waals surface area (Å²) in [6, 6.07) is 19.0. The monoisotopic (exact) mass is 445 g/mol. The molecule has 0 saturated heterocycles. The van der Waals surface area contributed by atoms with Gasteiger partial charge in [0, 0.05) is 12.0 Å². The minimum absolute atomic E-state index is 0.0393. The van der Waals surface area contributed by atoms with Crippen LogP contribution in [0.2, 0.25) is 0 Å². The van der Waals surface area contributed by atoms with Crippen molar-refractivity contribution < 1.29 is 23.8 Å². The quantitative estimate of drug-likeness (QED) is 0.525. The number of ether oxygens (including phenoxy) is 3. The second-order valence-corrected chi connectivity index (χ2v) is 8.04. The Morgan fingerprint density at radius 3 is 2.55 bits per heavy atom. The van der Waals surface area contributed by atoms with Crippen LogP contribution in [0.5, 0.6) is 17.2 Å². The molecular weight excluding hydrogens is 418 g/mol. The van der Waals surface area contributed by atoms with E-state index in [1.807, 2.05) is 42.5 Å². The first-order chi connectivity index (χ1) is 16.0. The van der Waals surface area contributed by atoms with Gasteiger partial charge in [-0.15, -0.1) is 0 Å². The van der Waals surface area contributed by atoms with Gasteiger partial charge in [-0.25, -0.2) is 0 Å². The number of hydrogen-bond donors (Lipinski definition) is 1. The van der Waals surface area contributed by atoms with Gasteiger partial charge in [0.05, 0.1) is 27.2 Å². The van der Waals surface area contributed by atoms with Crippen molar-refractivity contribution in [3.05, 3.63) is 77.4 Å². The molecule has 0 aromatic heterocycles. The van der Waals surface area contributed by atoms with Gasteiger partial charge in [-0.2, -0.15) is 0 Å². The number of fused-ring (bicyclic) bond motifs is 1. The molecule has 1 aliphatic heterocycles. The summed E-state index contributed by atoms with van der Waals surface area (Å²) in [4.78, 5) is 24.5. The van der Waals surface area contributed by atoms with E-state index in [-0.39, 0.29) is 24.2 Å². The molecule has 6 nitrogen and oxygen atoms in total. The predicted molar refractivity (Wildman–Crippen MR) is 126 cm³/mol. The van der Waals surface area contributed by atoms with E-state index in [2.05, 4.69) is 11.4 Å². The van der Waals surface area contributed by atoms with Crippen LogP contribution in [0.3, 0.4) is 0 Å². The summed E-state index contributed by atoms with van der Waals surface area (Å²) in [5, 5.41) is 2.96. The Kier molecular flexibility index (Phi) is 6.63. The van der Waals surface area contributed by atoms with E-state index in [0.29, 0.717) is 30.0 Å². The summed E-state index contributed by atoms with van der Waals surface area (Å²) in [6.07, 6.45) is 0.807. The maximum absolute atomic E-state index is 12.5. The van der Waals surface area contributed by atoms with Gasteiger partial charge in [0.15, 0.2) is 17.3 Å². The topological polar surface area (TPSA) is 73.9 Å². The average molecular weight is 446 g/mol. The first kappa shape index (κ1) is 22.4. The normalized spacial score (nSPS) is 14.2. The highest BCUT2D eigenvalue weighted by atomic mass is 16.5. The largest absolute Gasteiger partial charge is 0.493 e. The van der Waals surface area contributed by atoms with Crippen LogP contribution in [0.4, 0.5) is 0 Å². The zero-order valence-electron chi connectivity index (χ0n) is 19.0. The molecule has 1 atom stereocenters. The van der Waals surface area contributed by atoms with Gasteiger partial charge in [0.2, 0.25) is 5.91 Å². The highest BCUT2D eigenvalue weighted by molar-refractivity contribution is 6.00. The lowest BCUT2D eigenvalue weighted by Crippen LogP contribution is -2.35. The van der Waals surface area contributed by atoms with E-state index in [9.17, 15) is 9.59 Å². The molecule has 0 bridgehead atoms. The minimum atomic E-state index is -0.132. The lowest BCUT2D eigenvalue weighted by Gasteiger charge is -2.13. The second kappa shape index (κ2) is 9.77. The molecule has 3 aromatic carbocycles. The number of nitrogens with one attached hydrogen (secondary N) is 1. The van der Waals surface area contributed by atoms with Crippen molar-refractivity contribution in [2.75, 3.05) is 20.8 Å². The van der Waals surface area contributed by atoms with Crippen molar-refractivity contribution in [3.8, 4) is 28.4 Å². The second-order valence-electron chi connectivity index (χ2n) is 8.04. The van der Waals surface area contributed by atoms with Crippen molar-refractivity contribution in [1.29, 1.82) is 0 Å². The Hall–Kier alpha value is -3.80. The molecule has 0 saturated carbocycles. The van der Waals surface area contributed by atoms with E-state index in [1.54, 1.807) is 33.3 Å². The van der Waals surface area contributed by atoms with Crippen molar-refractivity contribution >= 4 is 11.7 Å². The molecule has 4 rings (SSSR count). The number of rotatable bonds is 8. The summed E-state index contributed by atoms with van der Waals surface area (Å²) in [6.45, 7) is 2.00. The van der Waals surface area contributed by atoms with Gasteiger partial charge in [-0.3, -0.25) is 9.59 Å². The standard InChI is InChI=1S/C27H27NO5/c1-17(29)22-6-4-5-7-23(22)19-9-11-24-20(14-19)15-21(33-24)16-28-27(30)13-18-8-10-25(31-2)26(12-18)32-3/h4-12,14,21H,13,15-16H2,1-3H3,(H,28,30)/t21-/m1/s1. The Morgan fingerprint density at radius 2 is 1.79 bits per heavy atom. The third-order valence-electron chi connectivity index (χ3n) is 5.76. The van der Waals surface area contributed by atoms with Gasteiger partial charge >= 0.3 is 0 Å². The number of ketones is 1. The number of carbonyl (C=O) groups is 2. The molecule has 1 heterocycles. The highest BCUT2D eigenvalue weighted by Crippen LogP contribution is 2.34. The third kappa shape index (κ3) is 5.00. The molecule has 1 N–H and O–H groups in total. The first-order valence-electron chi connectivity index (χ1n) is 10.9. The van der Waals surface area contributed by atoms with E-state index in [4.69, 9.17) is 14.2 Å². The highest BCUT2D eigenvalue weighted by Gasteiger charge is 2.24. The number of hydrogen-bond acceptors (Lipinski definition) is 5. The molecule has 0 aliphatic carbocycles. The average Bonchev–Trinajstić information content (AvgIpc) is 3.25. The summed E-state index contributed by atoms with van der Waals surface area (Å²) in [5.41, 5.74) is 4.52. The summed E-state index contributed by atoms with van der Waals surface area (Å²) in [7, 11) is 3.15. The van der Waals surface area contributed by atoms with Crippen molar-refractivity contribution in [1.82, 2.24) is 5.32 Å². The summed E-state index contributed by atoms with van der Waals surface area (Å²) >= 11 is 0. The van der Waals surface area contributed by atoms with Gasteiger partial charge in [-0.05, 0) is 53.4 Å². The molecular formula is C27H27NO5. The number of benzene rings is 3. The smallest absolute Gasteiger partial charge is 0.224 e. The van der Waals surface area contributed by atoms with Crippen molar-refractivity contribution in [3.63, 3.8) is 0 Å². The zero-order valence-corrected chi connectivity index (χ0v) is 19.0. The number of methoxy groups -OCH3 is 2. The van der Waals surface area contributed by atoms with Gasteiger partial charge in [-0.1, -0.05) is 36.4 Å². The fourth-order valence-corrected chi connectivity index (χ4v) is 4.11. The van der Waals surface area contributed by atoms with E-state index < -0.39 is 0 Å². The van der Waals surface area contributed by atoms with Crippen molar-refractivity contribution in [2.24, 2.45) is 0 Å². The molecule has 1 aliphatic rings. The van der Waals surface area contributed by atoms with Crippen LogP contribution in [0, 0.1) is 0 Å². The van der Waals surface area contributed by atoms with Crippen LogP contribution in [-0.4, -0.2) is 38.6 Å². The van der Waals surface area contributed by atoms with Crippen molar-refractivity contribution in [2.45, 2.75) is 25.9 Å². The van der Waals surface area contributed by atoms with Gasteiger partial charge in [0.1, 0.15) is 11.9 Å². The fraction of sp³-hybridized carbons (Fsp3) is 0.259. The minimum Gasteiger partial charge on any atom is -0.493 e. The van der Waals surface area contributed by atoms with Crippen LogP contribution >= 0.6 is 0 Å². The molecule has 1 amide bonds. The Labute approximate surface area is 193 Å². The van der Waals surface area contributed by atoms with Crippen LogP contribution in [0.25, 0.3) is 11.1 Å². The maximum atomic E-state index is 12.5. The Bertz CT molecular complexity index is 1190. The number of Topliss-reactive ketones (excluding diaryl/α,β-unsaturated/α-hetero) is 1.